The standard InChI is InChI=1S/C26H29N6/c1-5-6-13-31-14-8-19(9-15-31)23-17-21-24(30(4)29-23)20-10-16-32(18-22(20)26(21,2)3)25-27-11-7-12-28-25/h7-12,14-18H,5-6,13H2,1-4H3/q+3. The van der Waals surface area contributed by atoms with Gasteiger partial charge in [0.05, 0.1) is 18.0 Å². The molecule has 0 N–H and O–H groups in total. The van der Waals surface area contributed by atoms with Crippen molar-refractivity contribution in [1.29, 1.82) is 0 Å². The van der Waals surface area contributed by atoms with Crippen molar-refractivity contribution in [2.24, 2.45) is 7.05 Å². The van der Waals surface area contributed by atoms with Gasteiger partial charge in [-0.15, -0.1) is 0 Å². The molecule has 1 aliphatic rings. The minimum absolute atomic E-state index is 0.159. The molecule has 0 aliphatic heterocycles. The van der Waals surface area contributed by atoms with Gasteiger partial charge in [-0.25, -0.2) is 9.13 Å². The summed E-state index contributed by atoms with van der Waals surface area (Å²) >= 11 is 0. The smallest absolute Gasteiger partial charge is 0.206 e. The Balaban J connectivity index is 1.57. The monoisotopic (exact) mass is 425 g/mol. The van der Waals surface area contributed by atoms with Gasteiger partial charge in [-0.2, -0.15) is 0 Å². The highest BCUT2D eigenvalue weighted by molar-refractivity contribution is 5.76. The van der Waals surface area contributed by atoms with Crippen LogP contribution in [0.15, 0.2) is 67.5 Å². The van der Waals surface area contributed by atoms with Crippen LogP contribution in [-0.2, 0) is 19.0 Å². The molecule has 4 aromatic rings. The summed E-state index contributed by atoms with van der Waals surface area (Å²) < 4.78 is 6.26. The Morgan fingerprint density at radius 1 is 0.969 bits per heavy atom. The van der Waals surface area contributed by atoms with Gasteiger partial charge >= 0.3 is 5.95 Å². The lowest BCUT2D eigenvalue weighted by Crippen LogP contribution is -2.37. The van der Waals surface area contributed by atoms with E-state index in [-0.39, 0.29) is 5.41 Å². The molecule has 0 bridgehead atoms. The molecule has 0 radical (unpaired) electrons. The minimum atomic E-state index is -0.159. The second-order valence-electron chi connectivity index (χ2n) is 8.95. The lowest BCUT2D eigenvalue weighted by Gasteiger charge is -2.19. The maximum atomic E-state index is 4.93. The van der Waals surface area contributed by atoms with E-state index in [0.717, 1.165) is 17.8 Å². The highest BCUT2D eigenvalue weighted by atomic mass is 15.3. The summed E-state index contributed by atoms with van der Waals surface area (Å²) in [5, 5.41) is 4.93. The van der Waals surface area contributed by atoms with Crippen molar-refractivity contribution in [1.82, 2.24) is 15.1 Å². The quantitative estimate of drug-likeness (QED) is 0.462. The number of aromatic nitrogens is 6. The molecule has 0 saturated heterocycles. The van der Waals surface area contributed by atoms with Gasteiger partial charge in [-0.1, -0.05) is 41.8 Å². The molecular formula is C26H29N6+3. The van der Waals surface area contributed by atoms with E-state index in [0.29, 0.717) is 5.95 Å². The predicted octanol–water partition coefficient (Wildman–Crippen LogP) is 3.03. The van der Waals surface area contributed by atoms with E-state index in [2.05, 4.69) is 78.2 Å². The van der Waals surface area contributed by atoms with Crippen LogP contribution < -0.4 is 13.8 Å². The number of fused-ring (bicyclic) bond motifs is 3. The van der Waals surface area contributed by atoms with Crippen molar-refractivity contribution in [2.75, 3.05) is 0 Å². The van der Waals surface area contributed by atoms with Crippen molar-refractivity contribution >= 4 is 0 Å². The van der Waals surface area contributed by atoms with Crippen LogP contribution in [0.4, 0.5) is 0 Å². The van der Waals surface area contributed by atoms with Gasteiger partial charge in [0.1, 0.15) is 24.6 Å². The molecule has 4 aromatic heterocycles. The van der Waals surface area contributed by atoms with Crippen LogP contribution in [0, 0.1) is 0 Å². The Labute approximate surface area is 188 Å². The molecule has 32 heavy (non-hydrogen) atoms. The zero-order valence-corrected chi connectivity index (χ0v) is 19.2. The van der Waals surface area contributed by atoms with Gasteiger partial charge in [0.2, 0.25) is 5.69 Å². The van der Waals surface area contributed by atoms with Crippen molar-refractivity contribution in [3.63, 3.8) is 0 Å². The zero-order chi connectivity index (χ0) is 22.3. The normalized spacial score (nSPS) is 13.6. The first-order valence-electron chi connectivity index (χ1n) is 11.2. The third-order valence-electron chi connectivity index (χ3n) is 6.42. The average Bonchev–Trinajstić information content (AvgIpc) is 3.05. The molecule has 6 nitrogen and oxygen atoms in total. The number of rotatable bonds is 5. The summed E-state index contributed by atoms with van der Waals surface area (Å²) in [5.74, 6) is 0.672. The fourth-order valence-electron chi connectivity index (χ4n) is 4.57. The lowest BCUT2D eigenvalue weighted by atomic mass is 9.83. The molecule has 4 heterocycles. The first kappa shape index (κ1) is 20.4. The van der Waals surface area contributed by atoms with Crippen molar-refractivity contribution in [2.45, 2.75) is 45.6 Å². The zero-order valence-electron chi connectivity index (χ0n) is 19.2. The minimum Gasteiger partial charge on any atom is -0.206 e. The Morgan fingerprint density at radius 2 is 1.72 bits per heavy atom. The molecule has 0 aromatic carbocycles. The highest BCUT2D eigenvalue weighted by Gasteiger charge is 2.43. The number of nitrogens with zero attached hydrogens (tertiary/aromatic N) is 6. The summed E-state index contributed by atoms with van der Waals surface area (Å²) in [6.07, 6.45) is 14.4. The van der Waals surface area contributed by atoms with E-state index < -0.39 is 0 Å². The van der Waals surface area contributed by atoms with Crippen LogP contribution in [-0.4, -0.2) is 15.1 Å². The first-order valence-corrected chi connectivity index (χ1v) is 11.2. The summed E-state index contributed by atoms with van der Waals surface area (Å²) in [5.41, 5.74) is 6.89. The predicted molar refractivity (Wildman–Crippen MR) is 121 cm³/mol. The van der Waals surface area contributed by atoms with Crippen LogP contribution in [0.2, 0.25) is 0 Å². The van der Waals surface area contributed by atoms with Gasteiger partial charge < -0.3 is 0 Å². The molecule has 0 saturated carbocycles. The van der Waals surface area contributed by atoms with Gasteiger partial charge in [0.15, 0.2) is 19.4 Å². The molecular weight excluding hydrogens is 396 g/mol. The number of hydrogen-bond donors (Lipinski definition) is 0. The van der Waals surface area contributed by atoms with E-state index in [1.54, 1.807) is 12.4 Å². The molecule has 0 atom stereocenters. The first-order chi connectivity index (χ1) is 15.5. The van der Waals surface area contributed by atoms with Gasteiger partial charge in [0, 0.05) is 51.8 Å². The molecule has 6 heteroatoms. The fraction of sp³-hybridized carbons (Fsp3) is 0.308. The highest BCUT2D eigenvalue weighted by Crippen LogP contribution is 2.46. The Morgan fingerprint density at radius 3 is 2.44 bits per heavy atom. The number of aryl methyl sites for hydroxylation is 2. The van der Waals surface area contributed by atoms with Crippen LogP contribution >= 0.6 is 0 Å². The summed E-state index contributed by atoms with van der Waals surface area (Å²) in [7, 11) is 2.04. The third kappa shape index (κ3) is 3.36. The van der Waals surface area contributed by atoms with E-state index in [1.807, 2.05) is 28.6 Å². The summed E-state index contributed by atoms with van der Waals surface area (Å²) in [6.45, 7) is 7.83. The van der Waals surface area contributed by atoms with Crippen LogP contribution in [0.25, 0.3) is 28.5 Å². The Kier molecular flexibility index (Phi) is 5.00. The second kappa shape index (κ2) is 7.86. The van der Waals surface area contributed by atoms with E-state index >= 15 is 0 Å². The molecule has 160 valence electrons. The maximum Gasteiger partial charge on any atom is 0.437 e. The summed E-state index contributed by atoms with van der Waals surface area (Å²) in [4.78, 5) is 8.80. The van der Waals surface area contributed by atoms with Gasteiger partial charge in [-0.05, 0) is 12.1 Å². The molecule has 0 unspecified atom stereocenters. The molecule has 1 aliphatic carbocycles. The fourth-order valence-corrected chi connectivity index (χ4v) is 4.57. The lowest BCUT2D eigenvalue weighted by molar-refractivity contribution is -0.719. The molecule has 0 spiro atoms. The van der Waals surface area contributed by atoms with Gasteiger partial charge in [0.25, 0.3) is 0 Å². The Bertz CT molecular complexity index is 1280. The van der Waals surface area contributed by atoms with Crippen molar-refractivity contribution in [3.05, 3.63) is 78.6 Å². The van der Waals surface area contributed by atoms with Gasteiger partial charge in [-0.3, -0.25) is 0 Å². The molecule has 5 rings (SSSR count). The average molecular weight is 426 g/mol. The number of hydrogen-bond acceptors (Lipinski definition) is 3. The van der Waals surface area contributed by atoms with Crippen LogP contribution in [0.5, 0.6) is 0 Å². The van der Waals surface area contributed by atoms with E-state index in [1.165, 1.54) is 35.2 Å². The van der Waals surface area contributed by atoms with Crippen LogP contribution in [0.1, 0.15) is 44.7 Å². The Hall–Kier alpha value is -3.54. The van der Waals surface area contributed by atoms with E-state index in [9.17, 15) is 0 Å². The largest absolute Gasteiger partial charge is 0.437 e. The maximum absolute atomic E-state index is 4.93. The number of pyridine rings is 2. The number of unbranched alkanes of at least 4 members (excludes halogenated alkanes) is 1. The van der Waals surface area contributed by atoms with Crippen LogP contribution in [0.3, 0.4) is 0 Å². The van der Waals surface area contributed by atoms with E-state index in [4.69, 9.17) is 5.10 Å². The SMILES string of the molecule is CCCC[n+]1ccc(-c2cc3c([n+](C)n2)-c2cc[n+](-c4ncccn4)cc2C3(C)C)cc1. The second-order valence-corrected chi connectivity index (χ2v) is 8.95. The summed E-state index contributed by atoms with van der Waals surface area (Å²) in [6, 6.07) is 10.6. The van der Waals surface area contributed by atoms with Crippen molar-refractivity contribution < 1.29 is 13.8 Å². The molecule has 0 fully saturated rings. The third-order valence-corrected chi connectivity index (χ3v) is 6.42. The van der Waals surface area contributed by atoms with Crippen molar-refractivity contribution in [3.8, 4) is 28.5 Å². The topological polar surface area (TPSA) is 50.3 Å². The molecule has 0 amide bonds.